The van der Waals surface area contributed by atoms with E-state index in [1.165, 1.54) is 0 Å². The number of carbonyl (C=O) groups is 3. The van der Waals surface area contributed by atoms with Crippen molar-refractivity contribution in [3.05, 3.63) is 34.9 Å². The minimum atomic E-state index is -0.911. The highest BCUT2D eigenvalue weighted by Crippen LogP contribution is 2.44. The molecule has 1 aromatic carbocycles. The van der Waals surface area contributed by atoms with Crippen molar-refractivity contribution in [3.8, 4) is 0 Å². The van der Waals surface area contributed by atoms with Crippen molar-refractivity contribution in [1.29, 1.82) is 0 Å². The Morgan fingerprint density at radius 3 is 2.35 bits per heavy atom. The lowest BCUT2D eigenvalue weighted by Gasteiger charge is -2.36. The smallest absolute Gasteiger partial charge is 0.310 e. The fourth-order valence-corrected chi connectivity index (χ4v) is 2.78. The van der Waals surface area contributed by atoms with E-state index in [4.69, 9.17) is 11.6 Å². The number of carboxylic acid groups (broad SMARTS) is 1. The van der Waals surface area contributed by atoms with Crippen molar-refractivity contribution >= 4 is 29.4 Å². The van der Waals surface area contributed by atoms with Gasteiger partial charge in [0, 0.05) is 19.5 Å². The lowest BCUT2D eigenvalue weighted by atomic mass is 9.66. The number of benzene rings is 1. The number of rotatable bonds is 7. The summed E-state index contributed by atoms with van der Waals surface area (Å²) in [6.07, 6.45) is 1.91. The Labute approximate surface area is 139 Å². The zero-order chi connectivity index (χ0) is 16.9. The maximum absolute atomic E-state index is 11.9. The molecule has 3 N–H and O–H groups in total. The molecule has 0 heterocycles. The van der Waals surface area contributed by atoms with E-state index in [0.717, 1.165) is 6.42 Å². The van der Waals surface area contributed by atoms with Crippen molar-refractivity contribution < 1.29 is 19.5 Å². The van der Waals surface area contributed by atoms with E-state index >= 15 is 0 Å². The molecule has 7 heteroatoms. The molecule has 0 aliphatic heterocycles. The van der Waals surface area contributed by atoms with Gasteiger partial charge in [0.15, 0.2) is 0 Å². The number of carboxylic acids is 1. The SMILES string of the molecule is O=C(CC1(C(=O)O)CCC1)NCCNC(=O)c1ccccc1Cl. The largest absolute Gasteiger partial charge is 0.481 e. The second-order valence-electron chi connectivity index (χ2n) is 5.70. The van der Waals surface area contributed by atoms with E-state index in [2.05, 4.69) is 10.6 Å². The van der Waals surface area contributed by atoms with Gasteiger partial charge in [-0.3, -0.25) is 14.4 Å². The Bertz CT molecular complexity index is 614. The van der Waals surface area contributed by atoms with Crippen LogP contribution in [0.4, 0.5) is 0 Å². The molecule has 2 amide bonds. The van der Waals surface area contributed by atoms with Crippen LogP contribution in [0, 0.1) is 5.41 Å². The highest BCUT2D eigenvalue weighted by atomic mass is 35.5. The number of hydrogen-bond donors (Lipinski definition) is 3. The Morgan fingerprint density at radius 2 is 1.78 bits per heavy atom. The van der Waals surface area contributed by atoms with Gasteiger partial charge in [0.1, 0.15) is 0 Å². The normalized spacial score (nSPS) is 15.3. The number of carbonyl (C=O) groups excluding carboxylic acids is 2. The fourth-order valence-electron chi connectivity index (χ4n) is 2.56. The summed E-state index contributed by atoms with van der Waals surface area (Å²) >= 11 is 5.92. The average Bonchev–Trinajstić information content (AvgIpc) is 2.47. The first-order valence-electron chi connectivity index (χ1n) is 7.47. The van der Waals surface area contributed by atoms with Crippen LogP contribution in [0.25, 0.3) is 0 Å². The fraction of sp³-hybridized carbons (Fsp3) is 0.438. The van der Waals surface area contributed by atoms with E-state index in [1.807, 2.05) is 0 Å². The van der Waals surface area contributed by atoms with Crippen LogP contribution in [0.15, 0.2) is 24.3 Å². The molecular weight excluding hydrogens is 320 g/mol. The van der Waals surface area contributed by atoms with E-state index in [-0.39, 0.29) is 31.3 Å². The molecule has 0 spiro atoms. The summed E-state index contributed by atoms with van der Waals surface area (Å²) < 4.78 is 0. The molecule has 124 valence electrons. The third-order valence-corrected chi connectivity index (χ3v) is 4.44. The minimum Gasteiger partial charge on any atom is -0.481 e. The average molecular weight is 339 g/mol. The van der Waals surface area contributed by atoms with Gasteiger partial charge in [-0.15, -0.1) is 0 Å². The number of halogens is 1. The highest BCUT2D eigenvalue weighted by molar-refractivity contribution is 6.33. The standard InChI is InChI=1S/C16H19ClN2O4/c17-12-5-2-1-4-11(12)14(21)19-9-8-18-13(20)10-16(15(22)23)6-3-7-16/h1-2,4-5H,3,6-10H2,(H,18,20)(H,19,21)(H,22,23). The lowest BCUT2D eigenvalue weighted by molar-refractivity contribution is -0.157. The van der Waals surface area contributed by atoms with Gasteiger partial charge in [-0.1, -0.05) is 30.2 Å². The van der Waals surface area contributed by atoms with Crippen LogP contribution in [-0.2, 0) is 9.59 Å². The number of hydrogen-bond acceptors (Lipinski definition) is 3. The molecule has 0 aromatic heterocycles. The first kappa shape index (κ1) is 17.3. The first-order valence-corrected chi connectivity index (χ1v) is 7.85. The quantitative estimate of drug-likeness (QED) is 0.661. The van der Waals surface area contributed by atoms with Gasteiger partial charge in [-0.25, -0.2) is 0 Å². The summed E-state index contributed by atoms with van der Waals surface area (Å²) in [5, 5.41) is 14.8. The van der Waals surface area contributed by atoms with Crippen LogP contribution in [0.5, 0.6) is 0 Å². The van der Waals surface area contributed by atoms with Crippen LogP contribution in [-0.4, -0.2) is 36.0 Å². The number of amides is 2. The molecule has 0 bridgehead atoms. The topological polar surface area (TPSA) is 95.5 Å². The van der Waals surface area contributed by atoms with Gasteiger partial charge < -0.3 is 15.7 Å². The monoisotopic (exact) mass is 338 g/mol. The van der Waals surface area contributed by atoms with Crippen LogP contribution >= 0.6 is 11.6 Å². The Hall–Kier alpha value is -2.08. The molecule has 2 rings (SSSR count). The van der Waals surface area contributed by atoms with E-state index in [1.54, 1.807) is 24.3 Å². The molecule has 0 atom stereocenters. The molecule has 0 saturated heterocycles. The predicted octanol–water partition coefficient (Wildman–Crippen LogP) is 1.83. The Kier molecular flexibility index (Phi) is 5.60. The summed E-state index contributed by atoms with van der Waals surface area (Å²) in [5.74, 6) is -1.53. The van der Waals surface area contributed by atoms with Gasteiger partial charge in [-0.05, 0) is 25.0 Å². The molecule has 23 heavy (non-hydrogen) atoms. The van der Waals surface area contributed by atoms with Crippen molar-refractivity contribution in [2.45, 2.75) is 25.7 Å². The summed E-state index contributed by atoms with van der Waals surface area (Å²) in [7, 11) is 0. The molecule has 1 aliphatic rings. The predicted molar refractivity (Wildman–Crippen MR) is 85.3 cm³/mol. The van der Waals surface area contributed by atoms with Crippen molar-refractivity contribution in [1.82, 2.24) is 10.6 Å². The van der Waals surface area contributed by atoms with Crippen LogP contribution in [0.1, 0.15) is 36.0 Å². The Morgan fingerprint density at radius 1 is 1.13 bits per heavy atom. The van der Waals surface area contributed by atoms with Crippen LogP contribution in [0.3, 0.4) is 0 Å². The van der Waals surface area contributed by atoms with E-state index in [0.29, 0.717) is 23.4 Å². The second-order valence-corrected chi connectivity index (χ2v) is 6.11. The molecule has 1 fully saturated rings. The number of aliphatic carboxylic acids is 1. The zero-order valence-electron chi connectivity index (χ0n) is 12.6. The van der Waals surface area contributed by atoms with Crippen molar-refractivity contribution in [2.24, 2.45) is 5.41 Å². The second kappa shape index (κ2) is 7.46. The van der Waals surface area contributed by atoms with E-state index < -0.39 is 11.4 Å². The van der Waals surface area contributed by atoms with Gasteiger partial charge in [0.05, 0.1) is 16.0 Å². The first-order chi connectivity index (χ1) is 10.9. The maximum atomic E-state index is 11.9. The van der Waals surface area contributed by atoms with Gasteiger partial charge in [0.2, 0.25) is 5.91 Å². The van der Waals surface area contributed by atoms with Crippen molar-refractivity contribution in [3.63, 3.8) is 0 Å². The van der Waals surface area contributed by atoms with Crippen LogP contribution < -0.4 is 10.6 Å². The minimum absolute atomic E-state index is 0.0131. The maximum Gasteiger partial charge on any atom is 0.310 e. The summed E-state index contributed by atoms with van der Waals surface area (Å²) in [4.78, 5) is 34.9. The third-order valence-electron chi connectivity index (χ3n) is 4.11. The molecule has 6 nitrogen and oxygen atoms in total. The molecule has 1 saturated carbocycles. The summed E-state index contributed by atoms with van der Waals surface area (Å²) in [6, 6.07) is 6.69. The third kappa shape index (κ3) is 4.22. The van der Waals surface area contributed by atoms with Crippen molar-refractivity contribution in [2.75, 3.05) is 13.1 Å². The molecular formula is C16H19ClN2O4. The molecule has 0 radical (unpaired) electrons. The van der Waals surface area contributed by atoms with E-state index in [9.17, 15) is 19.5 Å². The molecule has 1 aliphatic carbocycles. The summed E-state index contributed by atoms with van der Waals surface area (Å²) in [6.45, 7) is 0.487. The zero-order valence-corrected chi connectivity index (χ0v) is 13.4. The van der Waals surface area contributed by atoms with Gasteiger partial charge in [-0.2, -0.15) is 0 Å². The highest BCUT2D eigenvalue weighted by Gasteiger charge is 2.45. The Balaban J connectivity index is 1.71. The summed E-state index contributed by atoms with van der Waals surface area (Å²) in [5.41, 5.74) is -0.523. The molecule has 0 unspecified atom stereocenters. The lowest BCUT2D eigenvalue weighted by Crippen LogP contribution is -2.43. The van der Waals surface area contributed by atoms with Gasteiger partial charge >= 0.3 is 5.97 Å². The number of nitrogens with one attached hydrogen (secondary N) is 2. The van der Waals surface area contributed by atoms with Crippen LogP contribution in [0.2, 0.25) is 5.02 Å². The molecule has 1 aromatic rings. The van der Waals surface area contributed by atoms with Gasteiger partial charge in [0.25, 0.3) is 5.91 Å².